The standard InChI is InChI=1S/C16H17NO4S/c17-16(19)14-8-4-5-12(9-14)10-22(20,21)11-15(18)13-6-2-1-3-7-13/h1-9,15,18H,10-11H2,(H2,17,19)/t15-/m0/s1. The van der Waals surface area contributed by atoms with Crippen molar-refractivity contribution in [1.82, 2.24) is 0 Å². The normalized spacial score (nSPS) is 12.8. The molecule has 0 bridgehead atoms. The Balaban J connectivity index is 2.11. The molecule has 1 atom stereocenters. The number of carbonyl (C=O) groups is 1. The highest BCUT2D eigenvalue weighted by Crippen LogP contribution is 2.17. The van der Waals surface area contributed by atoms with Gasteiger partial charge in [0.25, 0.3) is 0 Å². The number of amides is 1. The Kier molecular flexibility index (Phi) is 4.95. The van der Waals surface area contributed by atoms with E-state index in [0.717, 1.165) is 0 Å². The second kappa shape index (κ2) is 6.72. The van der Waals surface area contributed by atoms with Gasteiger partial charge in [0, 0.05) is 5.56 Å². The molecule has 2 rings (SSSR count). The Morgan fingerprint density at radius 3 is 2.41 bits per heavy atom. The van der Waals surface area contributed by atoms with Crippen LogP contribution in [0.15, 0.2) is 54.6 Å². The van der Waals surface area contributed by atoms with Gasteiger partial charge in [-0.15, -0.1) is 0 Å². The molecule has 0 saturated heterocycles. The van der Waals surface area contributed by atoms with Gasteiger partial charge in [-0.3, -0.25) is 4.79 Å². The molecular formula is C16H17NO4S. The summed E-state index contributed by atoms with van der Waals surface area (Å²) in [5.41, 5.74) is 6.46. The van der Waals surface area contributed by atoms with Crippen molar-refractivity contribution in [3.8, 4) is 0 Å². The van der Waals surface area contributed by atoms with Crippen molar-refractivity contribution < 1.29 is 18.3 Å². The number of nitrogens with two attached hydrogens (primary N) is 1. The smallest absolute Gasteiger partial charge is 0.248 e. The van der Waals surface area contributed by atoms with Gasteiger partial charge in [0.1, 0.15) is 0 Å². The minimum Gasteiger partial charge on any atom is -0.387 e. The molecule has 2 aromatic rings. The van der Waals surface area contributed by atoms with E-state index >= 15 is 0 Å². The number of sulfone groups is 1. The van der Waals surface area contributed by atoms with Crippen molar-refractivity contribution in [2.24, 2.45) is 5.73 Å². The van der Waals surface area contributed by atoms with Gasteiger partial charge in [0.05, 0.1) is 17.6 Å². The molecule has 0 aromatic heterocycles. The summed E-state index contributed by atoms with van der Waals surface area (Å²) in [6.45, 7) is 0. The van der Waals surface area contributed by atoms with Crippen molar-refractivity contribution in [3.63, 3.8) is 0 Å². The van der Waals surface area contributed by atoms with Crippen LogP contribution in [-0.2, 0) is 15.6 Å². The summed E-state index contributed by atoms with van der Waals surface area (Å²) < 4.78 is 24.4. The van der Waals surface area contributed by atoms with E-state index in [1.54, 1.807) is 42.5 Å². The summed E-state index contributed by atoms with van der Waals surface area (Å²) in [5, 5.41) is 10.0. The lowest BCUT2D eigenvalue weighted by molar-refractivity contribution is 0.1000. The fourth-order valence-electron chi connectivity index (χ4n) is 2.14. The lowest BCUT2D eigenvalue weighted by atomic mass is 10.1. The van der Waals surface area contributed by atoms with E-state index in [9.17, 15) is 18.3 Å². The Hall–Kier alpha value is -2.18. The fourth-order valence-corrected chi connectivity index (χ4v) is 3.62. The number of carbonyl (C=O) groups excluding carboxylic acids is 1. The summed E-state index contributed by atoms with van der Waals surface area (Å²) in [6.07, 6.45) is -1.08. The molecule has 0 aliphatic heterocycles. The third-order valence-corrected chi connectivity index (χ3v) is 4.79. The molecule has 0 unspecified atom stereocenters. The molecule has 0 saturated carbocycles. The van der Waals surface area contributed by atoms with E-state index in [1.807, 2.05) is 0 Å². The van der Waals surface area contributed by atoms with Crippen LogP contribution in [0.3, 0.4) is 0 Å². The predicted octanol–water partition coefficient (Wildman–Crippen LogP) is 1.43. The highest BCUT2D eigenvalue weighted by atomic mass is 32.2. The summed E-state index contributed by atoms with van der Waals surface area (Å²) in [7, 11) is -3.53. The SMILES string of the molecule is NC(=O)c1cccc(CS(=O)(=O)C[C@H](O)c2ccccc2)c1. The molecule has 22 heavy (non-hydrogen) atoms. The van der Waals surface area contributed by atoms with Gasteiger partial charge in [-0.1, -0.05) is 42.5 Å². The van der Waals surface area contributed by atoms with Crippen molar-refractivity contribution >= 4 is 15.7 Å². The first-order valence-electron chi connectivity index (χ1n) is 6.69. The van der Waals surface area contributed by atoms with Gasteiger partial charge >= 0.3 is 0 Å². The van der Waals surface area contributed by atoms with Crippen LogP contribution in [-0.4, -0.2) is 25.2 Å². The number of hydrogen-bond donors (Lipinski definition) is 2. The Morgan fingerprint density at radius 2 is 1.77 bits per heavy atom. The lowest BCUT2D eigenvalue weighted by Gasteiger charge is -2.12. The molecule has 0 fully saturated rings. The number of primary amides is 1. The van der Waals surface area contributed by atoms with Crippen LogP contribution in [0.5, 0.6) is 0 Å². The Morgan fingerprint density at radius 1 is 1.09 bits per heavy atom. The van der Waals surface area contributed by atoms with E-state index in [1.165, 1.54) is 12.1 Å². The van der Waals surface area contributed by atoms with Gasteiger partial charge in [0.15, 0.2) is 9.84 Å². The first-order chi connectivity index (χ1) is 10.4. The maximum atomic E-state index is 12.2. The fraction of sp³-hybridized carbons (Fsp3) is 0.188. The van der Waals surface area contributed by atoms with Crippen LogP contribution in [0.25, 0.3) is 0 Å². The minimum atomic E-state index is -3.53. The maximum absolute atomic E-state index is 12.2. The van der Waals surface area contributed by atoms with Gasteiger partial charge < -0.3 is 10.8 Å². The molecule has 0 aliphatic carbocycles. The molecule has 0 heterocycles. The number of rotatable bonds is 6. The number of aliphatic hydroxyl groups is 1. The zero-order valence-corrected chi connectivity index (χ0v) is 12.7. The summed E-state index contributed by atoms with van der Waals surface area (Å²) in [6, 6.07) is 14.8. The second-order valence-electron chi connectivity index (χ2n) is 5.05. The van der Waals surface area contributed by atoms with Crippen LogP contribution >= 0.6 is 0 Å². The van der Waals surface area contributed by atoms with Crippen LogP contribution in [0.1, 0.15) is 27.6 Å². The molecular weight excluding hydrogens is 302 g/mol. The van der Waals surface area contributed by atoms with Crippen molar-refractivity contribution in [1.29, 1.82) is 0 Å². The summed E-state index contributed by atoms with van der Waals surface area (Å²) in [4.78, 5) is 11.1. The first kappa shape index (κ1) is 16.2. The van der Waals surface area contributed by atoms with Crippen LogP contribution < -0.4 is 5.73 Å². The van der Waals surface area contributed by atoms with Gasteiger partial charge in [-0.2, -0.15) is 0 Å². The Bertz CT molecular complexity index is 757. The van der Waals surface area contributed by atoms with Crippen molar-refractivity contribution in [3.05, 3.63) is 71.3 Å². The molecule has 6 heteroatoms. The zero-order chi connectivity index (χ0) is 16.2. The average Bonchev–Trinajstić information content (AvgIpc) is 2.47. The van der Waals surface area contributed by atoms with Crippen LogP contribution in [0, 0.1) is 0 Å². The third-order valence-electron chi connectivity index (χ3n) is 3.19. The molecule has 1 amide bonds. The van der Waals surface area contributed by atoms with E-state index < -0.39 is 21.8 Å². The van der Waals surface area contributed by atoms with Crippen LogP contribution in [0.2, 0.25) is 0 Å². The molecule has 0 radical (unpaired) electrons. The van der Waals surface area contributed by atoms with Gasteiger partial charge in [0.2, 0.25) is 5.91 Å². The third kappa shape index (κ3) is 4.41. The highest BCUT2D eigenvalue weighted by molar-refractivity contribution is 7.90. The largest absolute Gasteiger partial charge is 0.387 e. The predicted molar refractivity (Wildman–Crippen MR) is 83.9 cm³/mol. The van der Waals surface area contributed by atoms with Gasteiger partial charge in [-0.25, -0.2) is 8.42 Å². The topological polar surface area (TPSA) is 97.5 Å². The van der Waals surface area contributed by atoms with E-state index in [-0.39, 0.29) is 17.1 Å². The number of benzene rings is 2. The number of aliphatic hydroxyl groups excluding tert-OH is 1. The van der Waals surface area contributed by atoms with Crippen molar-refractivity contribution in [2.75, 3.05) is 5.75 Å². The highest BCUT2D eigenvalue weighted by Gasteiger charge is 2.19. The molecule has 3 N–H and O–H groups in total. The van der Waals surface area contributed by atoms with E-state index in [2.05, 4.69) is 0 Å². The molecule has 2 aromatic carbocycles. The molecule has 116 valence electrons. The monoisotopic (exact) mass is 319 g/mol. The molecule has 0 spiro atoms. The van der Waals surface area contributed by atoms with Crippen molar-refractivity contribution in [2.45, 2.75) is 11.9 Å². The van der Waals surface area contributed by atoms with E-state index in [4.69, 9.17) is 5.73 Å². The summed E-state index contributed by atoms with van der Waals surface area (Å²) >= 11 is 0. The first-order valence-corrected chi connectivity index (χ1v) is 8.52. The van der Waals surface area contributed by atoms with E-state index in [0.29, 0.717) is 11.1 Å². The quantitative estimate of drug-likeness (QED) is 0.841. The van der Waals surface area contributed by atoms with Crippen LogP contribution in [0.4, 0.5) is 0 Å². The Labute approximate surface area is 129 Å². The lowest BCUT2D eigenvalue weighted by Crippen LogP contribution is -2.17. The number of hydrogen-bond acceptors (Lipinski definition) is 4. The van der Waals surface area contributed by atoms with Gasteiger partial charge in [-0.05, 0) is 23.3 Å². The minimum absolute atomic E-state index is 0.252. The maximum Gasteiger partial charge on any atom is 0.248 e. The molecule has 5 nitrogen and oxygen atoms in total. The zero-order valence-electron chi connectivity index (χ0n) is 11.8. The molecule has 0 aliphatic rings. The average molecular weight is 319 g/mol. The summed E-state index contributed by atoms with van der Waals surface area (Å²) in [5.74, 6) is -1.24. The second-order valence-corrected chi connectivity index (χ2v) is 7.15.